The van der Waals surface area contributed by atoms with E-state index in [4.69, 9.17) is 24.4 Å². The number of para-hydroxylation sites is 1. The third-order valence-electron chi connectivity index (χ3n) is 6.91. The average Bonchev–Trinajstić information content (AvgIpc) is 3.54. The molecule has 1 saturated heterocycles. The van der Waals surface area contributed by atoms with Crippen molar-refractivity contribution in [2.24, 2.45) is 5.92 Å². The van der Waals surface area contributed by atoms with E-state index >= 15 is 0 Å². The van der Waals surface area contributed by atoms with Crippen molar-refractivity contribution in [3.05, 3.63) is 60.0 Å². The number of nitrogens with one attached hydrogen (secondary N) is 2. The van der Waals surface area contributed by atoms with E-state index in [0.29, 0.717) is 24.7 Å². The van der Waals surface area contributed by atoms with Crippen LogP contribution >= 0.6 is 11.3 Å². The third kappa shape index (κ3) is 4.77. The van der Waals surface area contributed by atoms with Gasteiger partial charge in [-0.2, -0.15) is 4.98 Å². The van der Waals surface area contributed by atoms with Crippen molar-refractivity contribution >= 4 is 33.3 Å². The highest BCUT2D eigenvalue weighted by Crippen LogP contribution is 2.44. The molecule has 2 aliphatic rings. The number of aryl methyl sites for hydroxylation is 1. The van der Waals surface area contributed by atoms with Crippen LogP contribution in [-0.4, -0.2) is 55.7 Å². The molecular weight excluding hydrogens is 488 g/mol. The zero-order chi connectivity index (χ0) is 25.6. The van der Waals surface area contributed by atoms with Crippen LogP contribution in [0.5, 0.6) is 0 Å². The monoisotopic (exact) mass is 518 g/mol. The Hall–Kier alpha value is -3.18. The zero-order valence-electron chi connectivity index (χ0n) is 21.0. The minimum Gasteiger partial charge on any atom is -0.396 e. The van der Waals surface area contributed by atoms with E-state index in [2.05, 4.69) is 21.7 Å². The quantitative estimate of drug-likeness (QED) is 0.328. The summed E-state index contributed by atoms with van der Waals surface area (Å²) in [5.41, 5.74) is 3.68. The van der Waals surface area contributed by atoms with Crippen LogP contribution in [-0.2, 0) is 16.0 Å². The Kier molecular flexibility index (Phi) is 6.28. The summed E-state index contributed by atoms with van der Waals surface area (Å²) in [7, 11) is 0. The molecular formula is C27H30N6O3S. The molecule has 1 aliphatic heterocycles. The summed E-state index contributed by atoms with van der Waals surface area (Å²) in [5, 5.41) is 17.9. The molecule has 0 unspecified atom stereocenters. The highest BCUT2D eigenvalue weighted by atomic mass is 32.1. The summed E-state index contributed by atoms with van der Waals surface area (Å²) >= 11 is 1.62. The van der Waals surface area contributed by atoms with Gasteiger partial charge >= 0.3 is 0 Å². The van der Waals surface area contributed by atoms with E-state index in [1.165, 1.54) is 0 Å². The Morgan fingerprint density at radius 1 is 1.08 bits per heavy atom. The molecule has 0 spiro atoms. The fourth-order valence-electron chi connectivity index (χ4n) is 5.26. The number of hydrogen-bond donors (Lipinski definition) is 3. The summed E-state index contributed by atoms with van der Waals surface area (Å²) in [6.45, 7) is 6.41. The predicted octanol–water partition coefficient (Wildman–Crippen LogP) is 4.38. The van der Waals surface area contributed by atoms with Gasteiger partial charge in [0.05, 0.1) is 33.6 Å². The van der Waals surface area contributed by atoms with Crippen molar-refractivity contribution in [3.8, 4) is 10.6 Å². The third-order valence-corrected chi connectivity index (χ3v) is 7.96. The molecule has 0 bridgehead atoms. The van der Waals surface area contributed by atoms with E-state index in [9.17, 15) is 5.11 Å². The summed E-state index contributed by atoms with van der Waals surface area (Å²) in [6.07, 6.45) is 3.92. The van der Waals surface area contributed by atoms with E-state index in [1.807, 2.05) is 57.3 Å². The number of hydrogen-bond acceptors (Lipinski definition) is 10. The molecule has 0 amide bonds. The van der Waals surface area contributed by atoms with E-state index in [0.717, 1.165) is 32.0 Å². The van der Waals surface area contributed by atoms with Gasteiger partial charge < -0.3 is 25.2 Å². The van der Waals surface area contributed by atoms with Crippen LogP contribution in [0.25, 0.3) is 20.8 Å². The molecule has 192 valence electrons. The van der Waals surface area contributed by atoms with Crippen LogP contribution in [0.3, 0.4) is 0 Å². The van der Waals surface area contributed by atoms with Crippen LogP contribution in [0.1, 0.15) is 31.5 Å². The molecule has 6 rings (SSSR count). The van der Waals surface area contributed by atoms with Crippen molar-refractivity contribution in [2.75, 3.05) is 17.2 Å². The van der Waals surface area contributed by atoms with Crippen LogP contribution in [0.15, 0.2) is 48.8 Å². The number of thiazole rings is 1. The van der Waals surface area contributed by atoms with Gasteiger partial charge in [-0.25, -0.2) is 9.97 Å². The van der Waals surface area contributed by atoms with E-state index in [1.54, 1.807) is 17.5 Å². The van der Waals surface area contributed by atoms with Crippen molar-refractivity contribution in [1.82, 2.24) is 19.9 Å². The molecule has 1 aliphatic carbocycles. The number of nitrogens with zero attached hydrogens (tertiary/aromatic N) is 4. The molecule has 4 aromatic rings. The number of benzene rings is 1. The van der Waals surface area contributed by atoms with Gasteiger partial charge in [-0.05, 0) is 51.0 Å². The highest BCUT2D eigenvalue weighted by molar-refractivity contribution is 7.21. The molecule has 1 aromatic carbocycles. The van der Waals surface area contributed by atoms with Crippen LogP contribution < -0.4 is 10.6 Å². The average molecular weight is 519 g/mol. The van der Waals surface area contributed by atoms with Gasteiger partial charge in [0.25, 0.3) is 0 Å². The highest BCUT2D eigenvalue weighted by Gasteiger charge is 2.54. The Bertz CT molecular complexity index is 1380. The fraction of sp³-hybridized carbons (Fsp3) is 0.407. The lowest BCUT2D eigenvalue weighted by Gasteiger charge is -2.25. The number of ether oxygens (including phenoxy) is 2. The lowest BCUT2D eigenvalue weighted by Crippen LogP contribution is -2.35. The van der Waals surface area contributed by atoms with Crippen molar-refractivity contribution < 1.29 is 14.6 Å². The second kappa shape index (κ2) is 9.60. The molecule has 0 radical (unpaired) electrons. The van der Waals surface area contributed by atoms with Gasteiger partial charge in [-0.3, -0.25) is 4.98 Å². The van der Waals surface area contributed by atoms with Gasteiger partial charge in [0.1, 0.15) is 16.9 Å². The Morgan fingerprint density at radius 2 is 1.92 bits per heavy atom. The van der Waals surface area contributed by atoms with Gasteiger partial charge in [0.15, 0.2) is 5.79 Å². The molecule has 37 heavy (non-hydrogen) atoms. The normalized spacial score (nSPS) is 24.3. The van der Waals surface area contributed by atoms with Gasteiger partial charge in [0, 0.05) is 31.5 Å². The first-order valence-electron chi connectivity index (χ1n) is 12.5. The lowest BCUT2D eigenvalue weighted by molar-refractivity contribution is -0.158. The summed E-state index contributed by atoms with van der Waals surface area (Å²) in [5.74, 6) is 0.500. The number of aromatic nitrogens is 4. The number of aliphatic hydroxyl groups is 1. The maximum Gasteiger partial charge on any atom is 0.225 e. The summed E-state index contributed by atoms with van der Waals surface area (Å²) in [6, 6.07) is 11.9. The van der Waals surface area contributed by atoms with Crippen molar-refractivity contribution in [2.45, 2.75) is 57.8 Å². The van der Waals surface area contributed by atoms with Gasteiger partial charge in [-0.15, -0.1) is 11.3 Å². The molecule has 3 aromatic heterocycles. The number of pyridine rings is 1. The van der Waals surface area contributed by atoms with Gasteiger partial charge in [0.2, 0.25) is 5.95 Å². The molecule has 9 nitrogen and oxygen atoms in total. The number of rotatable bonds is 7. The maximum absolute atomic E-state index is 10.0. The Balaban J connectivity index is 1.37. The SMILES string of the molecule is Cc1nc(NCc2cccnc2)nc(N[C@@H]2C[C@H](CO)[C@H]3OC(C)(C)O[C@H]32)c1-c1nc2ccccc2s1. The Morgan fingerprint density at radius 3 is 2.70 bits per heavy atom. The molecule has 4 atom stereocenters. The number of fused-ring (bicyclic) bond motifs is 2. The topological polar surface area (TPSA) is 114 Å². The van der Waals surface area contributed by atoms with Gasteiger partial charge in [-0.1, -0.05) is 18.2 Å². The standard InChI is InChI=1S/C27H30N6O3S/c1-15-21(25-32-18-8-4-5-9-20(18)37-25)24(33-26(30-15)29-13-16-7-6-10-28-12-16)31-19-11-17(14-34)22-23(19)36-27(2,3)35-22/h4-10,12,17,19,22-23,34H,11,13-14H2,1-3H3,(H2,29,30,31,33)/t17-,19-,22-,23+/m1/s1. The van der Waals surface area contributed by atoms with Crippen LogP contribution in [0.4, 0.5) is 11.8 Å². The molecule has 1 saturated carbocycles. The number of anilines is 2. The van der Waals surface area contributed by atoms with Crippen molar-refractivity contribution in [3.63, 3.8) is 0 Å². The predicted molar refractivity (Wildman–Crippen MR) is 143 cm³/mol. The van der Waals surface area contributed by atoms with Crippen molar-refractivity contribution in [1.29, 1.82) is 0 Å². The minimum atomic E-state index is -0.697. The first-order chi connectivity index (χ1) is 17.9. The first-order valence-corrected chi connectivity index (χ1v) is 13.3. The lowest BCUT2D eigenvalue weighted by atomic mass is 10.1. The van der Waals surface area contributed by atoms with Crippen LogP contribution in [0.2, 0.25) is 0 Å². The molecule has 4 heterocycles. The summed E-state index contributed by atoms with van der Waals surface area (Å²) in [4.78, 5) is 18.8. The maximum atomic E-state index is 10.0. The van der Waals surface area contributed by atoms with E-state index in [-0.39, 0.29) is 30.8 Å². The van der Waals surface area contributed by atoms with Crippen LogP contribution in [0, 0.1) is 12.8 Å². The second-order valence-electron chi connectivity index (χ2n) is 10.1. The first kappa shape index (κ1) is 24.2. The number of aliphatic hydroxyl groups excluding tert-OH is 1. The smallest absolute Gasteiger partial charge is 0.225 e. The fourth-order valence-corrected chi connectivity index (χ4v) is 6.32. The summed E-state index contributed by atoms with van der Waals surface area (Å²) < 4.78 is 13.5. The molecule has 10 heteroatoms. The largest absolute Gasteiger partial charge is 0.396 e. The zero-order valence-corrected chi connectivity index (χ0v) is 21.8. The Labute approximate surface area is 219 Å². The van der Waals surface area contributed by atoms with E-state index < -0.39 is 5.79 Å². The molecule has 3 N–H and O–H groups in total. The minimum absolute atomic E-state index is 0.0127. The second-order valence-corrected chi connectivity index (χ2v) is 11.1. The molecule has 2 fully saturated rings.